The highest BCUT2D eigenvalue weighted by atomic mass is 35.5. The number of hydrogen-bond donors (Lipinski definition) is 0. The number of carbonyl (C=O) groups excluding carboxylic acids is 1. The fraction of sp³-hybridized carbons (Fsp3) is 0. The summed E-state index contributed by atoms with van der Waals surface area (Å²) in [7, 11) is 0. The third kappa shape index (κ3) is 2.49. The van der Waals surface area contributed by atoms with E-state index < -0.39 is 5.97 Å². The van der Waals surface area contributed by atoms with Crippen LogP contribution in [0.4, 0.5) is 0 Å². The van der Waals surface area contributed by atoms with Crippen molar-refractivity contribution in [1.82, 2.24) is 0 Å². The Morgan fingerprint density at radius 1 is 1.05 bits per heavy atom. The number of halogens is 1. The van der Waals surface area contributed by atoms with Gasteiger partial charge in [-0.1, -0.05) is 59.2 Å². The Kier molecular flexibility index (Phi) is 3.35. The zero-order valence-electron chi connectivity index (χ0n) is 10.4. The number of benzene rings is 2. The van der Waals surface area contributed by atoms with Gasteiger partial charge in [-0.2, -0.15) is 0 Å². The molecular weight excluding hydrogens is 274 g/mol. The molecule has 0 spiro atoms. The molecule has 0 saturated heterocycles. The van der Waals surface area contributed by atoms with Gasteiger partial charge < -0.3 is 4.84 Å². The average molecular weight is 284 g/mol. The standard InChI is InChI=1S/C16H10ClNO2/c17-13-8-4-7-12(10-13)15-14(16(19)20-18-15)9-11-5-2-1-3-6-11/h1-10H/b14-9-. The van der Waals surface area contributed by atoms with Crippen LogP contribution in [0.3, 0.4) is 0 Å². The van der Waals surface area contributed by atoms with Gasteiger partial charge in [0.25, 0.3) is 0 Å². The van der Waals surface area contributed by atoms with Crippen molar-refractivity contribution >= 4 is 29.4 Å². The number of nitrogens with zero attached hydrogens (tertiary/aromatic N) is 1. The van der Waals surface area contributed by atoms with Crippen LogP contribution in [0.25, 0.3) is 6.08 Å². The minimum atomic E-state index is -0.455. The van der Waals surface area contributed by atoms with E-state index in [9.17, 15) is 4.79 Å². The minimum Gasteiger partial charge on any atom is -0.312 e. The second-order valence-electron chi connectivity index (χ2n) is 4.30. The third-order valence-electron chi connectivity index (χ3n) is 2.90. The topological polar surface area (TPSA) is 38.7 Å². The highest BCUT2D eigenvalue weighted by molar-refractivity contribution is 6.33. The van der Waals surface area contributed by atoms with Crippen LogP contribution < -0.4 is 0 Å². The lowest BCUT2D eigenvalue weighted by Crippen LogP contribution is -2.06. The van der Waals surface area contributed by atoms with Crippen LogP contribution in [-0.2, 0) is 9.63 Å². The van der Waals surface area contributed by atoms with Crippen molar-refractivity contribution in [2.24, 2.45) is 5.16 Å². The summed E-state index contributed by atoms with van der Waals surface area (Å²) in [6, 6.07) is 16.7. The number of rotatable bonds is 2. The second-order valence-corrected chi connectivity index (χ2v) is 4.73. The van der Waals surface area contributed by atoms with Gasteiger partial charge >= 0.3 is 5.97 Å². The molecule has 0 atom stereocenters. The van der Waals surface area contributed by atoms with E-state index in [4.69, 9.17) is 16.4 Å². The van der Waals surface area contributed by atoms with E-state index in [-0.39, 0.29) is 0 Å². The smallest absolute Gasteiger partial charge is 0.312 e. The van der Waals surface area contributed by atoms with Gasteiger partial charge in [-0.25, -0.2) is 4.79 Å². The van der Waals surface area contributed by atoms with Gasteiger partial charge in [0.2, 0.25) is 0 Å². The Bertz CT molecular complexity index is 720. The first kappa shape index (κ1) is 12.6. The molecule has 0 aromatic heterocycles. The van der Waals surface area contributed by atoms with Gasteiger partial charge in [0, 0.05) is 10.6 Å². The lowest BCUT2D eigenvalue weighted by molar-refractivity contribution is -0.136. The van der Waals surface area contributed by atoms with Crippen LogP contribution in [0.2, 0.25) is 5.02 Å². The monoisotopic (exact) mass is 283 g/mol. The second kappa shape index (κ2) is 5.31. The maximum Gasteiger partial charge on any atom is 0.368 e. The zero-order chi connectivity index (χ0) is 13.9. The van der Waals surface area contributed by atoms with Gasteiger partial charge in [-0.05, 0) is 23.8 Å². The van der Waals surface area contributed by atoms with Crippen LogP contribution in [0.1, 0.15) is 11.1 Å². The molecule has 2 aromatic rings. The summed E-state index contributed by atoms with van der Waals surface area (Å²) >= 11 is 5.97. The Balaban J connectivity index is 2.03. The van der Waals surface area contributed by atoms with Crippen LogP contribution >= 0.6 is 11.6 Å². The van der Waals surface area contributed by atoms with Gasteiger partial charge in [0.05, 0.1) is 5.57 Å². The highest BCUT2D eigenvalue weighted by Gasteiger charge is 2.26. The van der Waals surface area contributed by atoms with E-state index in [2.05, 4.69) is 5.16 Å². The predicted molar refractivity (Wildman–Crippen MR) is 78.5 cm³/mol. The molecule has 0 radical (unpaired) electrons. The molecule has 0 fully saturated rings. The molecule has 3 rings (SSSR count). The first-order valence-corrected chi connectivity index (χ1v) is 6.44. The lowest BCUT2D eigenvalue weighted by atomic mass is 10.0. The molecule has 1 aliphatic rings. The maximum absolute atomic E-state index is 11.8. The summed E-state index contributed by atoms with van der Waals surface area (Å²) in [5, 5.41) is 4.43. The molecule has 1 heterocycles. The van der Waals surface area contributed by atoms with Crippen molar-refractivity contribution < 1.29 is 9.63 Å². The first-order valence-electron chi connectivity index (χ1n) is 6.06. The Hall–Kier alpha value is -2.39. The summed E-state index contributed by atoms with van der Waals surface area (Å²) in [6.07, 6.45) is 1.76. The summed E-state index contributed by atoms with van der Waals surface area (Å²) < 4.78 is 0. The van der Waals surface area contributed by atoms with Gasteiger partial charge in [0.15, 0.2) is 0 Å². The van der Waals surface area contributed by atoms with Crippen molar-refractivity contribution in [3.63, 3.8) is 0 Å². The van der Waals surface area contributed by atoms with E-state index >= 15 is 0 Å². The van der Waals surface area contributed by atoms with E-state index in [0.717, 1.165) is 11.1 Å². The first-order chi connectivity index (χ1) is 9.74. The summed E-state index contributed by atoms with van der Waals surface area (Å²) in [5.41, 5.74) is 2.60. The molecule has 0 bridgehead atoms. The normalized spacial score (nSPS) is 16.1. The molecule has 0 N–H and O–H groups in total. The van der Waals surface area contributed by atoms with Gasteiger partial charge in [-0.3, -0.25) is 0 Å². The fourth-order valence-corrected chi connectivity index (χ4v) is 2.16. The molecule has 20 heavy (non-hydrogen) atoms. The molecule has 0 saturated carbocycles. The molecule has 0 aliphatic carbocycles. The molecule has 0 amide bonds. The molecule has 0 unspecified atom stereocenters. The van der Waals surface area contributed by atoms with Crippen molar-refractivity contribution in [3.05, 3.63) is 76.3 Å². The number of carbonyl (C=O) groups is 1. The molecule has 98 valence electrons. The van der Waals surface area contributed by atoms with Crippen LogP contribution in [0.5, 0.6) is 0 Å². The summed E-state index contributed by atoms with van der Waals surface area (Å²) in [5.74, 6) is -0.455. The Labute approximate surface area is 121 Å². The van der Waals surface area contributed by atoms with Crippen molar-refractivity contribution in [2.75, 3.05) is 0 Å². The molecule has 4 heteroatoms. The lowest BCUT2D eigenvalue weighted by Gasteiger charge is -2.01. The van der Waals surface area contributed by atoms with E-state index in [0.29, 0.717) is 16.3 Å². The molecular formula is C16H10ClNO2. The number of oxime groups is 1. The van der Waals surface area contributed by atoms with Crippen LogP contribution in [0.15, 0.2) is 65.3 Å². The minimum absolute atomic E-state index is 0.429. The van der Waals surface area contributed by atoms with Gasteiger partial charge in [0.1, 0.15) is 5.71 Å². The molecule has 2 aromatic carbocycles. The zero-order valence-corrected chi connectivity index (χ0v) is 11.2. The van der Waals surface area contributed by atoms with Gasteiger partial charge in [-0.15, -0.1) is 0 Å². The fourth-order valence-electron chi connectivity index (χ4n) is 1.97. The highest BCUT2D eigenvalue weighted by Crippen LogP contribution is 2.22. The van der Waals surface area contributed by atoms with Crippen molar-refractivity contribution in [2.45, 2.75) is 0 Å². The van der Waals surface area contributed by atoms with E-state index in [1.165, 1.54) is 0 Å². The third-order valence-corrected chi connectivity index (χ3v) is 3.14. The van der Waals surface area contributed by atoms with E-state index in [1.807, 2.05) is 42.5 Å². The van der Waals surface area contributed by atoms with Crippen molar-refractivity contribution in [1.29, 1.82) is 0 Å². The SMILES string of the molecule is O=C1ON=C(c2cccc(Cl)c2)/C1=C/c1ccccc1. The summed E-state index contributed by atoms with van der Waals surface area (Å²) in [6.45, 7) is 0. The Morgan fingerprint density at radius 3 is 2.60 bits per heavy atom. The van der Waals surface area contributed by atoms with E-state index in [1.54, 1.807) is 18.2 Å². The summed E-state index contributed by atoms with van der Waals surface area (Å²) in [4.78, 5) is 16.6. The van der Waals surface area contributed by atoms with Crippen LogP contribution in [0, 0.1) is 0 Å². The molecule has 1 aliphatic heterocycles. The van der Waals surface area contributed by atoms with Crippen molar-refractivity contribution in [3.8, 4) is 0 Å². The maximum atomic E-state index is 11.8. The number of hydrogen-bond acceptors (Lipinski definition) is 3. The predicted octanol–water partition coefficient (Wildman–Crippen LogP) is 3.68. The Morgan fingerprint density at radius 2 is 1.85 bits per heavy atom. The average Bonchev–Trinajstić information content (AvgIpc) is 2.82. The largest absolute Gasteiger partial charge is 0.368 e. The molecule has 3 nitrogen and oxygen atoms in total. The van der Waals surface area contributed by atoms with Crippen LogP contribution in [-0.4, -0.2) is 11.7 Å². The quantitative estimate of drug-likeness (QED) is 0.623.